The third kappa shape index (κ3) is 7.51. The molecule has 1 heterocycles. The van der Waals surface area contributed by atoms with Gasteiger partial charge in [-0.25, -0.2) is 0 Å². The minimum Gasteiger partial charge on any atom is -0.492 e. The summed E-state index contributed by atoms with van der Waals surface area (Å²) >= 11 is 8.82. The van der Waals surface area contributed by atoms with Gasteiger partial charge in [0.1, 0.15) is 5.75 Å². The van der Waals surface area contributed by atoms with E-state index in [9.17, 15) is 9.59 Å². The van der Waals surface area contributed by atoms with Crippen LogP contribution in [0.5, 0.6) is 5.75 Å². The van der Waals surface area contributed by atoms with Gasteiger partial charge in [-0.3, -0.25) is 14.9 Å². The van der Waals surface area contributed by atoms with Crippen LogP contribution in [0.1, 0.15) is 53.3 Å². The molecular weight excluding hydrogens is 518 g/mol. The van der Waals surface area contributed by atoms with Crippen molar-refractivity contribution in [2.45, 2.75) is 32.6 Å². The van der Waals surface area contributed by atoms with Crippen LogP contribution in [0.2, 0.25) is 0 Å². The van der Waals surface area contributed by atoms with Crippen LogP contribution in [-0.2, 0) is 4.74 Å². The number of thiocarbonyl (C=S) groups is 1. The topological polar surface area (TPSA) is 79.9 Å². The van der Waals surface area contributed by atoms with E-state index in [0.717, 1.165) is 12.8 Å². The summed E-state index contributed by atoms with van der Waals surface area (Å²) in [6, 6.07) is 12.3. The van der Waals surface area contributed by atoms with Gasteiger partial charge in [0.15, 0.2) is 5.11 Å². The zero-order valence-electron chi connectivity index (χ0n) is 19.3. The van der Waals surface area contributed by atoms with Gasteiger partial charge in [-0.05, 0) is 64.9 Å². The third-order valence-electron chi connectivity index (χ3n) is 5.38. The van der Waals surface area contributed by atoms with E-state index in [1.807, 2.05) is 0 Å². The number of halogens is 1. The van der Waals surface area contributed by atoms with Crippen molar-refractivity contribution in [3.63, 3.8) is 0 Å². The molecule has 182 valence electrons. The molecule has 2 amide bonds. The monoisotopic (exact) mass is 547 g/mol. The Bertz CT molecular complexity index is 1010. The Hall–Kier alpha value is -2.49. The van der Waals surface area contributed by atoms with Gasteiger partial charge in [-0.15, -0.1) is 0 Å². The number of amides is 2. The van der Waals surface area contributed by atoms with Gasteiger partial charge in [-0.1, -0.05) is 38.3 Å². The van der Waals surface area contributed by atoms with Crippen molar-refractivity contribution in [2.24, 2.45) is 0 Å². The number of benzene rings is 2. The molecule has 0 aliphatic carbocycles. The van der Waals surface area contributed by atoms with Crippen LogP contribution < -0.4 is 15.4 Å². The van der Waals surface area contributed by atoms with Crippen LogP contribution in [0.15, 0.2) is 46.9 Å². The second-order valence-electron chi connectivity index (χ2n) is 7.91. The molecule has 0 aromatic heterocycles. The van der Waals surface area contributed by atoms with E-state index in [2.05, 4.69) is 33.5 Å². The number of morpholine rings is 1. The van der Waals surface area contributed by atoms with Crippen LogP contribution in [0.25, 0.3) is 0 Å². The van der Waals surface area contributed by atoms with Crippen LogP contribution in [0.3, 0.4) is 0 Å². The quantitative estimate of drug-likeness (QED) is 0.339. The van der Waals surface area contributed by atoms with Gasteiger partial charge in [0, 0.05) is 18.7 Å². The highest BCUT2D eigenvalue weighted by atomic mass is 79.9. The fourth-order valence-corrected chi connectivity index (χ4v) is 4.21. The highest BCUT2D eigenvalue weighted by molar-refractivity contribution is 9.10. The molecule has 1 saturated heterocycles. The predicted molar refractivity (Wildman–Crippen MR) is 141 cm³/mol. The Morgan fingerprint density at radius 3 is 2.62 bits per heavy atom. The molecule has 0 spiro atoms. The molecule has 2 N–H and O–H groups in total. The van der Waals surface area contributed by atoms with Crippen molar-refractivity contribution in [1.29, 1.82) is 0 Å². The van der Waals surface area contributed by atoms with Crippen molar-refractivity contribution < 1.29 is 19.1 Å². The van der Waals surface area contributed by atoms with Crippen LogP contribution in [-0.4, -0.2) is 54.7 Å². The van der Waals surface area contributed by atoms with Gasteiger partial charge < -0.3 is 19.7 Å². The Labute approximate surface area is 214 Å². The first-order chi connectivity index (χ1) is 16.5. The molecule has 9 heteroatoms. The van der Waals surface area contributed by atoms with Gasteiger partial charge in [-0.2, -0.15) is 0 Å². The van der Waals surface area contributed by atoms with Gasteiger partial charge in [0.2, 0.25) is 0 Å². The van der Waals surface area contributed by atoms with E-state index in [4.69, 9.17) is 21.7 Å². The molecule has 2 aromatic carbocycles. The lowest BCUT2D eigenvalue weighted by atomic mass is 10.1. The maximum atomic E-state index is 12.9. The number of rotatable bonds is 9. The zero-order valence-corrected chi connectivity index (χ0v) is 21.7. The molecule has 0 bridgehead atoms. The first-order valence-electron chi connectivity index (χ1n) is 11.5. The normalized spacial score (nSPS) is 13.3. The van der Waals surface area contributed by atoms with E-state index >= 15 is 0 Å². The van der Waals surface area contributed by atoms with Crippen LogP contribution >= 0.6 is 28.1 Å². The number of nitrogens with zero attached hydrogens (tertiary/aromatic N) is 1. The third-order valence-corrected chi connectivity index (χ3v) is 6.20. The number of ether oxygens (including phenoxy) is 2. The van der Waals surface area contributed by atoms with E-state index in [1.54, 1.807) is 47.4 Å². The van der Waals surface area contributed by atoms with Crippen molar-refractivity contribution in [1.82, 2.24) is 10.2 Å². The largest absolute Gasteiger partial charge is 0.492 e. The van der Waals surface area contributed by atoms with Crippen LogP contribution in [0.4, 0.5) is 5.69 Å². The Morgan fingerprint density at radius 1 is 1.12 bits per heavy atom. The van der Waals surface area contributed by atoms with Crippen molar-refractivity contribution in [2.75, 3.05) is 38.2 Å². The average Bonchev–Trinajstić information content (AvgIpc) is 2.85. The molecule has 1 fully saturated rings. The van der Waals surface area contributed by atoms with Gasteiger partial charge >= 0.3 is 0 Å². The number of anilines is 1. The standard InChI is InChI=1S/C25H30BrN3O4S/c1-2-3-4-7-14-33-22-11-10-18(17-20(22)26)23(30)28-25(34)27-21-9-6-5-8-19(21)24(31)29-12-15-32-16-13-29/h5-6,8-11,17H,2-4,7,12-16H2,1H3,(H2,27,28,30,34). The van der Waals surface area contributed by atoms with Crippen molar-refractivity contribution >= 4 is 50.8 Å². The SMILES string of the molecule is CCCCCCOc1ccc(C(=O)NC(=S)Nc2ccccc2C(=O)N2CCOCC2)cc1Br. The van der Waals surface area contributed by atoms with E-state index in [-0.39, 0.29) is 16.9 Å². The summed E-state index contributed by atoms with van der Waals surface area (Å²) in [5, 5.41) is 5.78. The number of hydrogen-bond donors (Lipinski definition) is 2. The Kier molecular flexibility index (Phi) is 10.3. The first kappa shape index (κ1) is 26.1. The number of unbranched alkanes of at least 4 members (excludes halogenated alkanes) is 3. The van der Waals surface area contributed by atoms with Crippen molar-refractivity contribution in [3.8, 4) is 5.75 Å². The number of hydrogen-bond acceptors (Lipinski definition) is 5. The summed E-state index contributed by atoms with van der Waals surface area (Å²) in [6.07, 6.45) is 4.52. The number of para-hydroxylation sites is 1. The lowest BCUT2D eigenvalue weighted by Gasteiger charge is -2.27. The predicted octanol–water partition coefficient (Wildman–Crippen LogP) is 5.01. The molecule has 1 aliphatic heterocycles. The fraction of sp³-hybridized carbons (Fsp3) is 0.400. The number of carbonyl (C=O) groups is 2. The first-order valence-corrected chi connectivity index (χ1v) is 12.7. The summed E-state index contributed by atoms with van der Waals surface area (Å²) < 4.78 is 11.8. The highest BCUT2D eigenvalue weighted by Crippen LogP contribution is 2.26. The second kappa shape index (κ2) is 13.4. The van der Waals surface area contributed by atoms with Crippen molar-refractivity contribution in [3.05, 3.63) is 58.1 Å². The van der Waals surface area contributed by atoms with Crippen LogP contribution in [0, 0.1) is 0 Å². The average molecular weight is 549 g/mol. The molecule has 2 aromatic rings. The molecule has 1 aliphatic rings. The summed E-state index contributed by atoms with van der Waals surface area (Å²) in [5.41, 5.74) is 1.47. The summed E-state index contributed by atoms with van der Waals surface area (Å²) in [5.74, 6) is 0.240. The Morgan fingerprint density at radius 2 is 1.88 bits per heavy atom. The minimum atomic E-state index is -0.357. The molecule has 0 atom stereocenters. The molecular formula is C25H30BrN3O4S. The summed E-state index contributed by atoms with van der Waals surface area (Å²) in [4.78, 5) is 27.4. The molecule has 3 rings (SSSR count). The van der Waals surface area contributed by atoms with E-state index in [1.165, 1.54) is 12.8 Å². The highest BCUT2D eigenvalue weighted by Gasteiger charge is 2.21. The fourth-order valence-electron chi connectivity index (χ4n) is 3.51. The van der Waals surface area contributed by atoms with Gasteiger partial charge in [0.05, 0.1) is 35.5 Å². The molecule has 0 radical (unpaired) electrons. The molecule has 7 nitrogen and oxygen atoms in total. The number of nitrogens with one attached hydrogen (secondary N) is 2. The summed E-state index contributed by atoms with van der Waals surface area (Å²) in [6.45, 7) is 4.94. The Balaban J connectivity index is 1.57. The minimum absolute atomic E-state index is 0.102. The zero-order chi connectivity index (χ0) is 24.3. The summed E-state index contributed by atoms with van der Waals surface area (Å²) in [7, 11) is 0. The van der Waals surface area contributed by atoms with E-state index < -0.39 is 0 Å². The number of carbonyl (C=O) groups excluding carboxylic acids is 2. The maximum absolute atomic E-state index is 12.9. The molecule has 0 saturated carbocycles. The lowest BCUT2D eigenvalue weighted by molar-refractivity contribution is 0.0303. The van der Waals surface area contributed by atoms with E-state index in [0.29, 0.717) is 59.9 Å². The second-order valence-corrected chi connectivity index (χ2v) is 9.18. The molecule has 34 heavy (non-hydrogen) atoms. The smallest absolute Gasteiger partial charge is 0.257 e. The maximum Gasteiger partial charge on any atom is 0.257 e. The molecule has 0 unspecified atom stereocenters. The lowest BCUT2D eigenvalue weighted by Crippen LogP contribution is -2.41. The van der Waals surface area contributed by atoms with Gasteiger partial charge in [0.25, 0.3) is 11.8 Å².